The van der Waals surface area contributed by atoms with Crippen molar-refractivity contribution < 1.29 is 43.5 Å². The fourth-order valence-corrected chi connectivity index (χ4v) is 5.98. The molecular weight excluding hydrogens is 578 g/mol. The van der Waals surface area contributed by atoms with Crippen LogP contribution in [0.25, 0.3) is 11.1 Å². The lowest BCUT2D eigenvalue weighted by Gasteiger charge is -2.37. The number of amides is 1. The Kier molecular flexibility index (Phi) is 9.09. The van der Waals surface area contributed by atoms with Crippen molar-refractivity contribution in [2.24, 2.45) is 0 Å². The predicted molar refractivity (Wildman–Crippen MR) is 164 cm³/mol. The number of nitrogens with one attached hydrogen (secondary N) is 1. The van der Waals surface area contributed by atoms with Gasteiger partial charge in [-0.1, -0.05) is 18.2 Å². The first-order valence-electron chi connectivity index (χ1n) is 15.5. The van der Waals surface area contributed by atoms with E-state index in [4.69, 9.17) is 24.1 Å². The molecule has 0 spiro atoms. The van der Waals surface area contributed by atoms with E-state index in [2.05, 4.69) is 5.32 Å². The largest absolute Gasteiger partial charge is 0.493 e. The summed E-state index contributed by atoms with van der Waals surface area (Å²) >= 11 is 0. The van der Waals surface area contributed by atoms with Crippen LogP contribution in [0.15, 0.2) is 54.6 Å². The number of benzene rings is 3. The van der Waals surface area contributed by atoms with Crippen molar-refractivity contribution >= 4 is 17.8 Å². The van der Waals surface area contributed by atoms with E-state index in [0.29, 0.717) is 41.4 Å². The summed E-state index contributed by atoms with van der Waals surface area (Å²) in [4.78, 5) is 35.5. The van der Waals surface area contributed by atoms with Gasteiger partial charge in [-0.2, -0.15) is 0 Å². The van der Waals surface area contributed by atoms with Crippen LogP contribution in [0.2, 0.25) is 0 Å². The van der Waals surface area contributed by atoms with Crippen LogP contribution in [-0.4, -0.2) is 53.6 Å². The molecule has 3 aliphatic rings. The Morgan fingerprint density at radius 2 is 1.69 bits per heavy atom. The molecule has 2 aliphatic carbocycles. The number of hydrogen-bond donors (Lipinski definition) is 3. The second kappa shape index (κ2) is 13.5. The minimum Gasteiger partial charge on any atom is -0.493 e. The van der Waals surface area contributed by atoms with Gasteiger partial charge in [0.25, 0.3) is 5.91 Å². The lowest BCUT2D eigenvalue weighted by Crippen LogP contribution is -2.39. The molecule has 0 atom stereocenters. The Hall–Kier alpha value is -4.73. The minimum atomic E-state index is -0.893. The van der Waals surface area contributed by atoms with Gasteiger partial charge in [0.2, 0.25) is 6.79 Å². The highest BCUT2D eigenvalue weighted by Gasteiger charge is 2.34. The molecule has 2 fully saturated rings. The van der Waals surface area contributed by atoms with Crippen molar-refractivity contribution in [3.63, 3.8) is 0 Å². The normalized spacial score (nSPS) is 18.4. The molecule has 0 aromatic heterocycles. The van der Waals surface area contributed by atoms with Crippen molar-refractivity contribution in [2.75, 3.05) is 13.4 Å². The van der Waals surface area contributed by atoms with Gasteiger partial charge in [-0.15, -0.1) is 0 Å². The summed E-state index contributed by atoms with van der Waals surface area (Å²) in [6.07, 6.45) is 5.11. The van der Waals surface area contributed by atoms with Gasteiger partial charge in [0.15, 0.2) is 11.5 Å². The number of carboxylic acids is 2. The summed E-state index contributed by atoms with van der Waals surface area (Å²) in [6.45, 7) is 0.417. The number of carbonyl (C=O) groups is 3. The highest BCUT2D eigenvalue weighted by atomic mass is 16.7. The summed E-state index contributed by atoms with van der Waals surface area (Å²) in [5.74, 6) is 0.806. The van der Waals surface area contributed by atoms with Crippen LogP contribution >= 0.6 is 0 Å². The van der Waals surface area contributed by atoms with E-state index in [-0.39, 0.29) is 50.2 Å². The molecule has 10 heteroatoms. The van der Waals surface area contributed by atoms with Crippen molar-refractivity contribution in [1.29, 1.82) is 0 Å². The Balaban J connectivity index is 1.18. The quantitative estimate of drug-likeness (QED) is 0.188. The second-order valence-corrected chi connectivity index (χ2v) is 11.9. The smallest absolute Gasteiger partial charge is 0.303 e. The van der Waals surface area contributed by atoms with Gasteiger partial charge in [-0.25, -0.2) is 0 Å². The van der Waals surface area contributed by atoms with Crippen LogP contribution < -0.4 is 24.3 Å². The van der Waals surface area contributed by atoms with Gasteiger partial charge in [0.05, 0.1) is 12.7 Å². The maximum absolute atomic E-state index is 13.2. The third-order valence-corrected chi connectivity index (χ3v) is 8.70. The second-order valence-electron chi connectivity index (χ2n) is 11.9. The Morgan fingerprint density at radius 1 is 0.889 bits per heavy atom. The summed E-state index contributed by atoms with van der Waals surface area (Å²) in [6, 6.07) is 17.2. The number of fused-ring (bicyclic) bond motifs is 1. The van der Waals surface area contributed by atoms with Crippen molar-refractivity contribution in [2.45, 2.75) is 75.9 Å². The molecule has 0 radical (unpaired) electrons. The average Bonchev–Trinajstić information content (AvgIpc) is 3.46. The molecule has 1 heterocycles. The van der Waals surface area contributed by atoms with Gasteiger partial charge >= 0.3 is 11.9 Å². The van der Waals surface area contributed by atoms with E-state index in [0.717, 1.165) is 54.4 Å². The van der Waals surface area contributed by atoms with Crippen molar-refractivity contribution in [3.05, 3.63) is 71.3 Å². The number of hydrogen-bond acceptors (Lipinski definition) is 7. The highest BCUT2D eigenvalue weighted by Crippen LogP contribution is 2.44. The van der Waals surface area contributed by atoms with Crippen LogP contribution in [0, 0.1) is 0 Å². The van der Waals surface area contributed by atoms with E-state index in [1.807, 2.05) is 48.5 Å². The van der Waals surface area contributed by atoms with Crippen molar-refractivity contribution in [3.8, 4) is 34.1 Å². The number of ether oxygens (including phenoxy) is 4. The zero-order valence-electron chi connectivity index (χ0n) is 25.0. The maximum atomic E-state index is 13.2. The highest BCUT2D eigenvalue weighted by molar-refractivity contribution is 5.96. The summed E-state index contributed by atoms with van der Waals surface area (Å²) in [5, 5.41) is 21.4. The first kappa shape index (κ1) is 30.3. The average molecular weight is 616 g/mol. The van der Waals surface area contributed by atoms with Crippen molar-refractivity contribution in [1.82, 2.24) is 5.32 Å². The zero-order valence-corrected chi connectivity index (χ0v) is 25.0. The van der Waals surface area contributed by atoms with Crippen LogP contribution in [-0.2, 0) is 16.0 Å². The van der Waals surface area contributed by atoms with Gasteiger partial charge in [0, 0.05) is 24.4 Å². The van der Waals surface area contributed by atoms with Gasteiger partial charge in [-0.05, 0) is 110 Å². The molecule has 45 heavy (non-hydrogen) atoms. The molecule has 0 saturated heterocycles. The molecule has 0 bridgehead atoms. The predicted octanol–water partition coefficient (Wildman–Crippen LogP) is 5.95. The molecule has 3 aromatic carbocycles. The van der Waals surface area contributed by atoms with E-state index in [1.165, 1.54) is 0 Å². The number of carbonyl (C=O) groups excluding carboxylic acids is 1. The maximum Gasteiger partial charge on any atom is 0.303 e. The lowest BCUT2D eigenvalue weighted by atomic mass is 9.75. The fraction of sp³-hybridized carbons (Fsp3) is 0.400. The third kappa shape index (κ3) is 7.33. The Bertz CT molecular complexity index is 1580. The standard InChI is InChI=1S/C35H37NO9/c37-33(38)8-3-13-42-30-7-2-6-28(29(30)10-12-34(39)40)23-16-27(17-23)45-26-15-22(21-9-11-31-32(19-21)44-20-43-31)14-24(18-26)35(41)36-25-4-1-5-25/h2,6-7,9,11,14-15,18-19,23,25,27H,1,3-5,8,10,12-13,16-17,20H2,(H,36,41)(H,37,38)(H,39,40). The molecule has 236 valence electrons. The monoisotopic (exact) mass is 615 g/mol. The molecule has 6 rings (SSSR count). The summed E-state index contributed by atoms with van der Waals surface area (Å²) in [7, 11) is 0. The van der Waals surface area contributed by atoms with Gasteiger partial charge in [-0.3, -0.25) is 14.4 Å². The molecule has 1 aliphatic heterocycles. The Morgan fingerprint density at radius 3 is 2.44 bits per heavy atom. The molecular formula is C35H37NO9. The van der Waals surface area contributed by atoms with Crippen LogP contribution in [0.4, 0.5) is 0 Å². The van der Waals surface area contributed by atoms with E-state index >= 15 is 0 Å². The number of carboxylic acid groups (broad SMARTS) is 2. The van der Waals surface area contributed by atoms with Crippen LogP contribution in [0.5, 0.6) is 23.0 Å². The summed E-state index contributed by atoms with van der Waals surface area (Å²) in [5.41, 5.74) is 4.13. The topological polar surface area (TPSA) is 141 Å². The molecule has 3 aromatic rings. The molecule has 1 amide bonds. The first-order valence-corrected chi connectivity index (χ1v) is 15.5. The fourth-order valence-electron chi connectivity index (χ4n) is 5.98. The molecule has 3 N–H and O–H groups in total. The minimum absolute atomic E-state index is 0.00557. The lowest BCUT2D eigenvalue weighted by molar-refractivity contribution is -0.138. The van der Waals surface area contributed by atoms with E-state index in [1.54, 1.807) is 6.07 Å². The SMILES string of the molecule is O=C(O)CCCOc1cccc(C2CC(Oc3cc(C(=O)NC4CCC4)cc(-c4ccc5c(c4)OCO5)c3)C2)c1CCC(=O)O. The van der Waals surface area contributed by atoms with Crippen LogP contribution in [0.3, 0.4) is 0 Å². The number of aliphatic carboxylic acids is 2. The van der Waals surface area contributed by atoms with Gasteiger partial charge in [0.1, 0.15) is 11.5 Å². The van der Waals surface area contributed by atoms with Gasteiger partial charge < -0.3 is 34.5 Å². The first-order chi connectivity index (χ1) is 21.8. The molecule has 0 unspecified atom stereocenters. The van der Waals surface area contributed by atoms with Crippen LogP contribution in [0.1, 0.15) is 78.8 Å². The third-order valence-electron chi connectivity index (χ3n) is 8.70. The number of rotatable bonds is 14. The zero-order chi connectivity index (χ0) is 31.3. The molecule has 10 nitrogen and oxygen atoms in total. The Labute approximate surface area is 261 Å². The van der Waals surface area contributed by atoms with E-state index in [9.17, 15) is 19.5 Å². The van der Waals surface area contributed by atoms with E-state index < -0.39 is 11.9 Å². The molecule has 2 saturated carbocycles. The summed E-state index contributed by atoms with van der Waals surface area (Å²) < 4.78 is 23.4.